The minimum Gasteiger partial charge on any atom is -0.495 e. The molecule has 0 bridgehead atoms. The molecule has 0 aliphatic carbocycles. The molecule has 23 heavy (non-hydrogen) atoms. The molecule has 0 radical (unpaired) electrons. The average Bonchev–Trinajstić information content (AvgIpc) is 2.54. The zero-order valence-electron chi connectivity index (χ0n) is 13.1. The maximum absolute atomic E-state index is 12.7. The number of amides is 1. The lowest BCUT2D eigenvalue weighted by molar-refractivity contribution is 0.0963. The maximum atomic E-state index is 12.7. The second-order valence-corrected chi connectivity index (χ2v) is 6.52. The number of rotatable bonds is 5. The largest absolute Gasteiger partial charge is 0.495 e. The van der Waals surface area contributed by atoms with Gasteiger partial charge in [0.25, 0.3) is 15.9 Å². The molecule has 0 saturated heterocycles. The number of aryl methyl sites for hydroxylation is 1. The van der Waals surface area contributed by atoms with E-state index in [-0.39, 0.29) is 16.4 Å². The van der Waals surface area contributed by atoms with Gasteiger partial charge in [-0.25, -0.2) is 8.42 Å². The molecule has 0 aliphatic rings. The molecule has 1 amide bonds. The highest BCUT2D eigenvalue weighted by Crippen LogP contribution is 2.27. The summed E-state index contributed by atoms with van der Waals surface area (Å²) in [6.07, 6.45) is 0. The number of methoxy groups -OCH3 is 1. The first-order chi connectivity index (χ1) is 10.9. The van der Waals surface area contributed by atoms with Crippen LogP contribution in [0.1, 0.15) is 15.9 Å². The first-order valence-electron chi connectivity index (χ1n) is 6.87. The van der Waals surface area contributed by atoms with Crippen molar-refractivity contribution in [2.45, 2.75) is 11.8 Å². The van der Waals surface area contributed by atoms with Crippen molar-refractivity contribution in [1.82, 2.24) is 5.32 Å². The van der Waals surface area contributed by atoms with Crippen molar-refractivity contribution in [3.05, 3.63) is 53.6 Å². The molecule has 0 aliphatic heterocycles. The minimum atomic E-state index is -3.85. The van der Waals surface area contributed by atoms with E-state index in [4.69, 9.17) is 4.74 Å². The molecule has 2 aromatic rings. The molecule has 0 unspecified atom stereocenters. The molecule has 122 valence electrons. The smallest absolute Gasteiger partial charge is 0.262 e. The summed E-state index contributed by atoms with van der Waals surface area (Å²) >= 11 is 0. The molecule has 2 rings (SSSR count). The molecule has 0 aromatic heterocycles. The number of para-hydroxylation sites is 2. The van der Waals surface area contributed by atoms with Crippen LogP contribution in [0.2, 0.25) is 0 Å². The molecular formula is C16H18N2O4S. The van der Waals surface area contributed by atoms with Gasteiger partial charge < -0.3 is 10.1 Å². The Kier molecular flexibility index (Phi) is 4.90. The number of benzene rings is 2. The molecule has 0 fully saturated rings. The van der Waals surface area contributed by atoms with Gasteiger partial charge in [-0.15, -0.1) is 0 Å². The Morgan fingerprint density at radius 2 is 1.83 bits per heavy atom. The third-order valence-corrected chi connectivity index (χ3v) is 4.83. The van der Waals surface area contributed by atoms with Crippen LogP contribution in [-0.4, -0.2) is 28.5 Å². The summed E-state index contributed by atoms with van der Waals surface area (Å²) < 4.78 is 33.0. The Morgan fingerprint density at radius 1 is 1.13 bits per heavy atom. The third-order valence-electron chi connectivity index (χ3n) is 3.32. The summed E-state index contributed by atoms with van der Waals surface area (Å²) in [4.78, 5) is 11.8. The fourth-order valence-corrected chi connectivity index (χ4v) is 3.45. The fraction of sp³-hybridized carbons (Fsp3) is 0.188. The Bertz CT molecular complexity index is 832. The van der Waals surface area contributed by atoms with Gasteiger partial charge in [-0.1, -0.05) is 18.2 Å². The Labute approximate surface area is 135 Å². The van der Waals surface area contributed by atoms with Crippen LogP contribution in [0.3, 0.4) is 0 Å². The van der Waals surface area contributed by atoms with Crippen LogP contribution in [-0.2, 0) is 10.0 Å². The van der Waals surface area contributed by atoms with E-state index in [2.05, 4.69) is 10.0 Å². The van der Waals surface area contributed by atoms with Crippen molar-refractivity contribution in [3.8, 4) is 5.75 Å². The summed E-state index contributed by atoms with van der Waals surface area (Å²) in [5, 5.41) is 2.47. The van der Waals surface area contributed by atoms with Crippen LogP contribution >= 0.6 is 0 Å². The van der Waals surface area contributed by atoms with Crippen LogP contribution < -0.4 is 14.8 Å². The summed E-state index contributed by atoms with van der Waals surface area (Å²) in [5.41, 5.74) is 1.15. The quantitative estimate of drug-likeness (QED) is 0.877. The highest BCUT2D eigenvalue weighted by atomic mass is 32.2. The predicted octanol–water partition coefficient (Wildman–Crippen LogP) is 2.16. The number of carbonyl (C=O) groups excluding carboxylic acids is 1. The van der Waals surface area contributed by atoms with Crippen LogP contribution in [0.4, 0.5) is 5.69 Å². The van der Waals surface area contributed by atoms with E-state index in [1.165, 1.54) is 20.2 Å². The van der Waals surface area contributed by atoms with E-state index in [0.717, 1.165) is 0 Å². The molecule has 0 spiro atoms. The molecule has 0 saturated carbocycles. The van der Waals surface area contributed by atoms with Gasteiger partial charge in [0.05, 0.1) is 17.7 Å². The molecule has 0 atom stereocenters. The third kappa shape index (κ3) is 3.62. The van der Waals surface area contributed by atoms with Crippen LogP contribution in [0.5, 0.6) is 5.75 Å². The summed E-state index contributed by atoms with van der Waals surface area (Å²) in [5.74, 6) is 0.0647. The number of ether oxygens (including phenoxy) is 1. The number of hydrogen-bond donors (Lipinski definition) is 2. The fourth-order valence-electron chi connectivity index (χ4n) is 2.10. The lowest BCUT2D eigenvalue weighted by Crippen LogP contribution is -2.20. The van der Waals surface area contributed by atoms with Crippen molar-refractivity contribution >= 4 is 21.6 Å². The van der Waals surface area contributed by atoms with Gasteiger partial charge in [-0.3, -0.25) is 9.52 Å². The lowest BCUT2D eigenvalue weighted by atomic mass is 10.1. The van der Waals surface area contributed by atoms with E-state index in [1.807, 2.05) is 0 Å². The number of nitrogens with one attached hydrogen (secondary N) is 2. The number of sulfonamides is 1. The maximum Gasteiger partial charge on any atom is 0.262 e. The summed E-state index contributed by atoms with van der Waals surface area (Å²) in [7, 11) is -0.898. The molecular weight excluding hydrogens is 316 g/mol. The van der Waals surface area contributed by atoms with E-state index in [1.54, 1.807) is 43.3 Å². The highest BCUT2D eigenvalue weighted by molar-refractivity contribution is 7.92. The van der Waals surface area contributed by atoms with Gasteiger partial charge in [0.2, 0.25) is 0 Å². The predicted molar refractivity (Wildman–Crippen MR) is 88.4 cm³/mol. The van der Waals surface area contributed by atoms with Gasteiger partial charge in [0.15, 0.2) is 0 Å². The Hall–Kier alpha value is -2.54. The first-order valence-corrected chi connectivity index (χ1v) is 8.36. The second-order valence-electron chi connectivity index (χ2n) is 4.87. The van der Waals surface area contributed by atoms with Crippen molar-refractivity contribution in [3.63, 3.8) is 0 Å². The zero-order chi connectivity index (χ0) is 17.0. The van der Waals surface area contributed by atoms with Gasteiger partial charge in [-0.2, -0.15) is 0 Å². The first kappa shape index (κ1) is 16.8. The van der Waals surface area contributed by atoms with Gasteiger partial charge in [0.1, 0.15) is 5.75 Å². The van der Waals surface area contributed by atoms with Crippen LogP contribution in [0.15, 0.2) is 47.4 Å². The molecule has 2 aromatic carbocycles. The van der Waals surface area contributed by atoms with Crippen molar-refractivity contribution < 1.29 is 17.9 Å². The Balaban J connectivity index is 2.45. The van der Waals surface area contributed by atoms with Crippen molar-refractivity contribution in [1.29, 1.82) is 0 Å². The van der Waals surface area contributed by atoms with Gasteiger partial charge >= 0.3 is 0 Å². The normalized spacial score (nSPS) is 10.9. The Morgan fingerprint density at radius 3 is 2.48 bits per heavy atom. The molecule has 2 N–H and O–H groups in total. The SMILES string of the molecule is CNC(=O)c1ccc(C)c(S(=O)(=O)Nc2ccccc2OC)c1. The number of hydrogen-bond acceptors (Lipinski definition) is 4. The number of anilines is 1. The zero-order valence-corrected chi connectivity index (χ0v) is 13.9. The second kappa shape index (κ2) is 6.70. The van der Waals surface area contributed by atoms with E-state index in [9.17, 15) is 13.2 Å². The van der Waals surface area contributed by atoms with Crippen molar-refractivity contribution in [2.75, 3.05) is 18.9 Å². The molecule has 0 heterocycles. The lowest BCUT2D eigenvalue weighted by Gasteiger charge is -2.14. The topological polar surface area (TPSA) is 84.5 Å². The average molecular weight is 334 g/mol. The standard InChI is InChI=1S/C16H18N2O4S/c1-11-8-9-12(16(19)17-2)10-15(11)23(20,21)18-13-6-4-5-7-14(13)22-3/h4-10,18H,1-3H3,(H,17,19). The van der Waals surface area contributed by atoms with Gasteiger partial charge in [0, 0.05) is 12.6 Å². The van der Waals surface area contributed by atoms with E-state index < -0.39 is 10.0 Å². The van der Waals surface area contributed by atoms with Crippen LogP contribution in [0.25, 0.3) is 0 Å². The van der Waals surface area contributed by atoms with Crippen molar-refractivity contribution in [2.24, 2.45) is 0 Å². The monoisotopic (exact) mass is 334 g/mol. The number of carbonyl (C=O) groups is 1. The summed E-state index contributed by atoms with van der Waals surface area (Å²) in [6.45, 7) is 1.67. The molecule has 7 heteroatoms. The van der Waals surface area contributed by atoms with Crippen LogP contribution in [0, 0.1) is 6.92 Å². The minimum absolute atomic E-state index is 0.0458. The molecule has 6 nitrogen and oxygen atoms in total. The highest BCUT2D eigenvalue weighted by Gasteiger charge is 2.20. The summed E-state index contributed by atoms with van der Waals surface area (Å²) in [6, 6.07) is 11.2. The van der Waals surface area contributed by atoms with E-state index in [0.29, 0.717) is 17.0 Å². The van der Waals surface area contributed by atoms with Gasteiger partial charge in [-0.05, 0) is 36.8 Å². The van der Waals surface area contributed by atoms with E-state index >= 15 is 0 Å².